The molecule has 1 heterocycles. The predicted molar refractivity (Wildman–Crippen MR) is 179 cm³/mol. The van der Waals surface area contributed by atoms with Crippen LogP contribution in [0.1, 0.15) is 0 Å². The number of fused-ring (bicyclic) bond motifs is 8. The normalized spacial score (nSPS) is 12.8. The summed E-state index contributed by atoms with van der Waals surface area (Å²) in [6.07, 6.45) is 0. The summed E-state index contributed by atoms with van der Waals surface area (Å²) in [4.78, 5) is 0. The van der Waals surface area contributed by atoms with E-state index < -0.39 is 0 Å². The highest BCUT2D eigenvalue weighted by molar-refractivity contribution is 7.04. The Morgan fingerprint density at radius 2 is 0.829 bits per heavy atom. The Kier molecular flexibility index (Phi) is 4.09. The van der Waals surface area contributed by atoms with Gasteiger partial charge in [-0.05, 0) is 87.9 Å². The Morgan fingerprint density at radius 1 is 0.293 bits per heavy atom. The highest BCUT2D eigenvalue weighted by Crippen LogP contribution is 2.39. The molecule has 0 fully saturated rings. The van der Waals surface area contributed by atoms with Crippen molar-refractivity contribution in [2.75, 3.05) is 0 Å². The van der Waals surface area contributed by atoms with E-state index in [9.17, 15) is 0 Å². The Morgan fingerprint density at radius 3 is 1.56 bits per heavy atom. The van der Waals surface area contributed by atoms with Crippen molar-refractivity contribution in [2.24, 2.45) is 0 Å². The van der Waals surface area contributed by atoms with E-state index >= 15 is 0 Å². The maximum absolute atomic E-state index is 2.48. The van der Waals surface area contributed by atoms with Crippen LogP contribution in [0.15, 0.2) is 140 Å². The van der Waals surface area contributed by atoms with Crippen LogP contribution < -0.4 is 16.4 Å². The van der Waals surface area contributed by atoms with Crippen molar-refractivity contribution in [3.05, 3.63) is 140 Å². The Labute approximate surface area is 237 Å². The standard InChI is InChI=1S/C40H23B/c1-4-13-30-24(8-1)18-20-33-35-23-29-17-16-25-11-7-12-26-19-21-34(37(29)36(25)26)40(35)41(39(30)33)38-31-14-5-2-9-27(31)22-28-10-3-6-15-32(28)38/h1-23H. The van der Waals surface area contributed by atoms with Crippen LogP contribution in [0.5, 0.6) is 0 Å². The molecule has 0 saturated carbocycles. The van der Waals surface area contributed by atoms with Gasteiger partial charge >= 0.3 is 0 Å². The van der Waals surface area contributed by atoms with Crippen LogP contribution in [0, 0.1) is 0 Å². The van der Waals surface area contributed by atoms with Crippen LogP contribution in [-0.2, 0) is 0 Å². The molecule has 10 rings (SSSR count). The molecule has 0 amide bonds. The van der Waals surface area contributed by atoms with Crippen molar-refractivity contribution in [2.45, 2.75) is 0 Å². The van der Waals surface area contributed by atoms with Crippen LogP contribution in [0.3, 0.4) is 0 Å². The molecule has 0 spiro atoms. The molecule has 0 N–H and O–H groups in total. The predicted octanol–water partition coefficient (Wildman–Crippen LogP) is 8.54. The summed E-state index contributed by atoms with van der Waals surface area (Å²) < 4.78 is 0. The molecule has 0 unspecified atom stereocenters. The van der Waals surface area contributed by atoms with Crippen LogP contribution in [-0.4, -0.2) is 6.71 Å². The van der Waals surface area contributed by atoms with E-state index in [4.69, 9.17) is 0 Å². The largest absolute Gasteiger partial charge is 0.246 e. The fourth-order valence-electron chi connectivity index (χ4n) is 8.00. The maximum Gasteiger partial charge on any atom is 0.246 e. The van der Waals surface area contributed by atoms with Crippen molar-refractivity contribution >= 4 is 87.7 Å². The molecule has 186 valence electrons. The van der Waals surface area contributed by atoms with E-state index in [-0.39, 0.29) is 6.71 Å². The molecule has 0 nitrogen and oxygen atoms in total. The summed E-state index contributed by atoms with van der Waals surface area (Å²) in [7, 11) is 0. The summed E-state index contributed by atoms with van der Waals surface area (Å²) in [5.41, 5.74) is 7.05. The minimum Gasteiger partial charge on any atom is -0.0616 e. The van der Waals surface area contributed by atoms with E-state index in [0.29, 0.717) is 0 Å². The first kappa shape index (κ1) is 21.7. The molecule has 9 aromatic rings. The maximum atomic E-state index is 2.48. The average molecular weight is 514 g/mol. The van der Waals surface area contributed by atoms with E-state index in [1.807, 2.05) is 0 Å². The van der Waals surface area contributed by atoms with Gasteiger partial charge in [0.15, 0.2) is 0 Å². The second-order valence-corrected chi connectivity index (χ2v) is 11.6. The number of hydrogen-bond acceptors (Lipinski definition) is 0. The number of benzene rings is 9. The Balaban J connectivity index is 1.47. The molecule has 1 aliphatic rings. The van der Waals surface area contributed by atoms with Gasteiger partial charge in [0.05, 0.1) is 0 Å². The van der Waals surface area contributed by atoms with E-state index in [0.717, 1.165) is 0 Å². The quantitative estimate of drug-likeness (QED) is 0.117. The minimum absolute atomic E-state index is 0.117. The van der Waals surface area contributed by atoms with Crippen LogP contribution in [0.2, 0.25) is 0 Å². The van der Waals surface area contributed by atoms with Gasteiger partial charge < -0.3 is 0 Å². The lowest BCUT2D eigenvalue weighted by atomic mass is 9.36. The third-order valence-corrected chi connectivity index (χ3v) is 9.63. The van der Waals surface area contributed by atoms with Gasteiger partial charge in [0.1, 0.15) is 0 Å². The van der Waals surface area contributed by atoms with Crippen molar-refractivity contribution in [1.29, 1.82) is 0 Å². The lowest BCUT2D eigenvalue weighted by molar-refractivity contribution is 1.75. The van der Waals surface area contributed by atoms with Crippen molar-refractivity contribution < 1.29 is 0 Å². The molecular weight excluding hydrogens is 491 g/mol. The highest BCUT2D eigenvalue weighted by Gasteiger charge is 2.38. The fraction of sp³-hybridized carbons (Fsp3) is 0. The second-order valence-electron chi connectivity index (χ2n) is 11.6. The average Bonchev–Trinajstić information content (AvgIpc) is 3.36. The fourth-order valence-corrected chi connectivity index (χ4v) is 8.00. The summed E-state index contributed by atoms with van der Waals surface area (Å²) in [6, 6.07) is 52.5. The van der Waals surface area contributed by atoms with Crippen LogP contribution in [0.4, 0.5) is 0 Å². The molecule has 41 heavy (non-hydrogen) atoms. The Hall–Kier alpha value is -5.14. The smallest absolute Gasteiger partial charge is 0.0616 e. The van der Waals surface area contributed by atoms with Crippen molar-refractivity contribution in [1.82, 2.24) is 0 Å². The molecule has 0 saturated heterocycles. The summed E-state index contributed by atoms with van der Waals surface area (Å²) in [5.74, 6) is 0. The van der Waals surface area contributed by atoms with Gasteiger partial charge in [0, 0.05) is 0 Å². The summed E-state index contributed by atoms with van der Waals surface area (Å²) in [5, 5.41) is 16.0. The first-order valence-electron chi connectivity index (χ1n) is 14.5. The van der Waals surface area contributed by atoms with Gasteiger partial charge in [-0.2, -0.15) is 0 Å². The number of hydrogen-bond donors (Lipinski definition) is 0. The molecule has 0 aromatic heterocycles. The van der Waals surface area contributed by atoms with Crippen LogP contribution >= 0.6 is 0 Å². The van der Waals surface area contributed by atoms with Gasteiger partial charge in [-0.25, -0.2) is 0 Å². The monoisotopic (exact) mass is 514 g/mol. The molecule has 0 radical (unpaired) electrons. The lowest BCUT2D eigenvalue weighted by Gasteiger charge is -2.21. The minimum atomic E-state index is 0.117. The molecule has 1 heteroatoms. The summed E-state index contributed by atoms with van der Waals surface area (Å²) in [6.45, 7) is 0.117. The zero-order chi connectivity index (χ0) is 26.7. The topological polar surface area (TPSA) is 0 Å². The molecule has 0 bridgehead atoms. The Bertz CT molecular complexity index is 2470. The third kappa shape index (κ3) is 2.76. The van der Waals surface area contributed by atoms with Crippen LogP contribution in [0.25, 0.3) is 75.8 Å². The van der Waals surface area contributed by atoms with Gasteiger partial charge in [0.2, 0.25) is 6.71 Å². The SMILES string of the molecule is c1ccc2c3c(ccc2c1)-c1cc2ccc4cccc5ccc(c1B3c1c3ccccc3cc3ccccc13)c2c45. The van der Waals surface area contributed by atoms with Gasteiger partial charge in [-0.3, -0.25) is 0 Å². The van der Waals surface area contributed by atoms with Crippen molar-refractivity contribution in [3.63, 3.8) is 0 Å². The first-order valence-corrected chi connectivity index (χ1v) is 14.5. The zero-order valence-corrected chi connectivity index (χ0v) is 22.4. The first-order chi connectivity index (χ1) is 20.3. The molecule has 1 aliphatic heterocycles. The molecule has 0 aliphatic carbocycles. The van der Waals surface area contributed by atoms with Gasteiger partial charge in [0.25, 0.3) is 0 Å². The van der Waals surface area contributed by atoms with E-state index in [2.05, 4.69) is 140 Å². The second kappa shape index (κ2) is 7.74. The number of rotatable bonds is 1. The molecular formula is C40H23B. The van der Waals surface area contributed by atoms with E-state index in [1.54, 1.807) is 0 Å². The highest BCUT2D eigenvalue weighted by atomic mass is 14.2. The zero-order valence-electron chi connectivity index (χ0n) is 22.4. The molecule has 9 aromatic carbocycles. The van der Waals surface area contributed by atoms with Gasteiger partial charge in [-0.15, -0.1) is 0 Å². The van der Waals surface area contributed by atoms with Gasteiger partial charge in [-0.1, -0.05) is 144 Å². The molecule has 0 atom stereocenters. The summed E-state index contributed by atoms with van der Waals surface area (Å²) >= 11 is 0. The third-order valence-electron chi connectivity index (χ3n) is 9.63. The van der Waals surface area contributed by atoms with Crippen molar-refractivity contribution in [3.8, 4) is 11.1 Å². The lowest BCUT2D eigenvalue weighted by Crippen LogP contribution is -2.50. The van der Waals surface area contributed by atoms with E-state index in [1.165, 1.54) is 92.2 Å².